The molecule has 0 radical (unpaired) electrons. The number of rotatable bonds is 8. The molecule has 4 atom stereocenters. The summed E-state index contributed by atoms with van der Waals surface area (Å²) in [5.74, 6) is 0.409. The van der Waals surface area contributed by atoms with Gasteiger partial charge in [0.1, 0.15) is 6.04 Å². The highest BCUT2D eigenvalue weighted by Gasteiger charge is 2.41. The molecule has 3 fully saturated rings. The maximum absolute atomic E-state index is 14.0. The van der Waals surface area contributed by atoms with E-state index in [0.717, 1.165) is 77.5 Å². The highest BCUT2D eigenvalue weighted by molar-refractivity contribution is 5.90. The van der Waals surface area contributed by atoms with Crippen LogP contribution in [0, 0.1) is 11.3 Å². The van der Waals surface area contributed by atoms with Gasteiger partial charge in [-0.15, -0.1) is 0 Å². The van der Waals surface area contributed by atoms with Crippen LogP contribution < -0.4 is 5.32 Å². The lowest BCUT2D eigenvalue weighted by atomic mass is 9.84. The first-order valence-electron chi connectivity index (χ1n) is 15.2. The molecule has 0 aromatic carbocycles. The van der Waals surface area contributed by atoms with E-state index in [-0.39, 0.29) is 41.8 Å². The lowest BCUT2D eigenvalue weighted by Gasteiger charge is -2.44. The molecule has 218 valence electrons. The maximum atomic E-state index is 14.0. The van der Waals surface area contributed by atoms with Crippen LogP contribution in [0.1, 0.15) is 92.4 Å². The van der Waals surface area contributed by atoms with Crippen LogP contribution in [0.3, 0.4) is 0 Å². The topological polar surface area (TPSA) is 76.2 Å². The van der Waals surface area contributed by atoms with Crippen LogP contribution in [0.15, 0.2) is 0 Å². The Labute approximate surface area is 231 Å². The second-order valence-corrected chi connectivity index (χ2v) is 13.5. The van der Waals surface area contributed by atoms with Crippen molar-refractivity contribution >= 4 is 17.7 Å². The van der Waals surface area contributed by atoms with E-state index in [2.05, 4.69) is 33.9 Å². The quantitative estimate of drug-likeness (QED) is 0.518. The van der Waals surface area contributed by atoms with Crippen molar-refractivity contribution in [2.24, 2.45) is 11.3 Å². The van der Waals surface area contributed by atoms with E-state index in [1.165, 1.54) is 6.42 Å². The molecule has 3 unspecified atom stereocenters. The smallest absolute Gasteiger partial charge is 0.245 e. The van der Waals surface area contributed by atoms with Gasteiger partial charge in [-0.1, -0.05) is 47.5 Å². The molecule has 8 nitrogen and oxygen atoms in total. The Morgan fingerprint density at radius 2 is 1.45 bits per heavy atom. The monoisotopic (exact) mass is 533 g/mol. The van der Waals surface area contributed by atoms with Gasteiger partial charge in [-0.2, -0.15) is 0 Å². The summed E-state index contributed by atoms with van der Waals surface area (Å²) in [5.41, 5.74) is -0.423. The van der Waals surface area contributed by atoms with Crippen molar-refractivity contribution in [2.75, 3.05) is 46.8 Å². The van der Waals surface area contributed by atoms with E-state index in [0.29, 0.717) is 6.54 Å². The summed E-state index contributed by atoms with van der Waals surface area (Å²) in [4.78, 5) is 49.2. The fourth-order valence-electron chi connectivity index (χ4n) is 6.50. The van der Waals surface area contributed by atoms with Gasteiger partial charge >= 0.3 is 0 Å². The molecule has 3 amide bonds. The van der Waals surface area contributed by atoms with E-state index in [1.54, 1.807) is 0 Å². The lowest BCUT2D eigenvalue weighted by molar-refractivity contribution is -0.144. The Morgan fingerprint density at radius 1 is 0.868 bits per heavy atom. The summed E-state index contributed by atoms with van der Waals surface area (Å²) in [6.07, 6.45) is 9.45. The van der Waals surface area contributed by atoms with Gasteiger partial charge in [0.2, 0.25) is 17.7 Å². The van der Waals surface area contributed by atoms with Crippen molar-refractivity contribution in [1.29, 1.82) is 0 Å². The number of amides is 3. The van der Waals surface area contributed by atoms with Gasteiger partial charge in [0.15, 0.2) is 0 Å². The normalized spacial score (nSPS) is 25.6. The number of carbonyl (C=O) groups excluding carboxylic acids is 3. The zero-order valence-corrected chi connectivity index (χ0v) is 25.3. The Hall–Kier alpha value is -1.67. The summed E-state index contributed by atoms with van der Waals surface area (Å²) in [5, 5.41) is 3.16. The Balaban J connectivity index is 1.74. The minimum atomic E-state index is -0.608. The molecule has 38 heavy (non-hydrogen) atoms. The highest BCUT2D eigenvalue weighted by atomic mass is 16.2. The van der Waals surface area contributed by atoms with Crippen molar-refractivity contribution in [2.45, 2.75) is 117 Å². The van der Waals surface area contributed by atoms with Crippen molar-refractivity contribution in [3.05, 3.63) is 0 Å². The van der Waals surface area contributed by atoms with Gasteiger partial charge in [-0.25, -0.2) is 0 Å². The summed E-state index contributed by atoms with van der Waals surface area (Å²) in [6.45, 7) is 14.6. The first-order valence-corrected chi connectivity index (χ1v) is 15.2. The average molecular weight is 534 g/mol. The van der Waals surface area contributed by atoms with E-state index < -0.39 is 11.5 Å². The molecule has 3 heterocycles. The Kier molecular flexibility index (Phi) is 11.0. The van der Waals surface area contributed by atoms with E-state index in [9.17, 15) is 14.4 Å². The number of nitrogens with one attached hydrogen (secondary N) is 1. The van der Waals surface area contributed by atoms with E-state index in [4.69, 9.17) is 0 Å². The first kappa shape index (κ1) is 30.9. The maximum Gasteiger partial charge on any atom is 0.245 e. The third-order valence-electron chi connectivity index (χ3n) is 9.08. The number of nitrogens with zero attached hydrogens (tertiary/aromatic N) is 4. The SMILES string of the molecule is CC(C)C(CN1CCCC[C@H]1C(=O)N1CCCCC1)N(C)C(=O)C(NC(=O)C1CCCCN1C)C(C)(C)C. The predicted octanol–water partition coefficient (Wildman–Crippen LogP) is 3.35. The number of likely N-dealkylation sites (N-methyl/N-ethyl adjacent to an activating group) is 2. The zero-order chi connectivity index (χ0) is 28.0. The minimum Gasteiger partial charge on any atom is -0.342 e. The summed E-state index contributed by atoms with van der Waals surface area (Å²) < 4.78 is 0. The van der Waals surface area contributed by atoms with Gasteiger partial charge in [-0.3, -0.25) is 24.2 Å². The van der Waals surface area contributed by atoms with Crippen LogP contribution in [0.25, 0.3) is 0 Å². The van der Waals surface area contributed by atoms with Gasteiger partial charge in [0, 0.05) is 32.7 Å². The second-order valence-electron chi connectivity index (χ2n) is 13.5. The summed E-state index contributed by atoms with van der Waals surface area (Å²) in [7, 11) is 3.88. The molecule has 8 heteroatoms. The summed E-state index contributed by atoms with van der Waals surface area (Å²) in [6, 6.07) is -0.922. The third-order valence-corrected chi connectivity index (χ3v) is 9.08. The number of hydrogen-bond acceptors (Lipinski definition) is 5. The van der Waals surface area contributed by atoms with Crippen molar-refractivity contribution in [1.82, 2.24) is 24.9 Å². The predicted molar refractivity (Wildman–Crippen MR) is 153 cm³/mol. The largest absolute Gasteiger partial charge is 0.342 e. The molecule has 3 aliphatic heterocycles. The first-order chi connectivity index (χ1) is 17.9. The van der Waals surface area contributed by atoms with Crippen molar-refractivity contribution in [3.8, 4) is 0 Å². The van der Waals surface area contributed by atoms with Gasteiger partial charge in [0.05, 0.1) is 12.1 Å². The fraction of sp³-hybridized carbons (Fsp3) is 0.900. The molecule has 3 rings (SSSR count). The highest BCUT2D eigenvalue weighted by Crippen LogP contribution is 2.27. The molecule has 0 aromatic rings. The van der Waals surface area contributed by atoms with Crippen LogP contribution in [-0.2, 0) is 14.4 Å². The molecule has 0 aliphatic carbocycles. The Bertz CT molecular complexity index is 804. The van der Waals surface area contributed by atoms with Crippen LogP contribution in [0.5, 0.6) is 0 Å². The number of hydrogen-bond donors (Lipinski definition) is 1. The van der Waals surface area contributed by atoms with Gasteiger partial charge in [-0.05, 0) is 76.4 Å². The molecule has 0 spiro atoms. The second kappa shape index (κ2) is 13.6. The van der Waals surface area contributed by atoms with Crippen molar-refractivity contribution < 1.29 is 14.4 Å². The van der Waals surface area contributed by atoms with Crippen LogP contribution in [0.4, 0.5) is 0 Å². The van der Waals surface area contributed by atoms with E-state index >= 15 is 0 Å². The average Bonchev–Trinajstić information content (AvgIpc) is 2.89. The number of carbonyl (C=O) groups is 3. The molecule has 3 saturated heterocycles. The lowest BCUT2D eigenvalue weighted by Crippen LogP contribution is -2.61. The van der Waals surface area contributed by atoms with Gasteiger partial charge < -0.3 is 15.1 Å². The Morgan fingerprint density at radius 3 is 2.03 bits per heavy atom. The standard InChI is InChI=1S/C30H55N5O3/c1-22(2)25(21-35-20-14-10-16-24(35)28(37)34-18-11-8-12-19-34)33(7)29(38)26(30(3,4)5)31-27(36)23-15-9-13-17-32(23)6/h22-26H,8-21H2,1-7H3,(H,31,36)/t23?,24-,25?,26?/m0/s1. The van der Waals surface area contributed by atoms with Gasteiger partial charge in [0.25, 0.3) is 0 Å². The third kappa shape index (κ3) is 7.71. The molecular formula is C30H55N5O3. The number of piperidine rings is 3. The van der Waals surface area contributed by atoms with Crippen LogP contribution in [-0.4, -0.2) is 108 Å². The molecule has 0 bridgehead atoms. The number of likely N-dealkylation sites (tertiary alicyclic amines) is 3. The van der Waals surface area contributed by atoms with Crippen LogP contribution >= 0.6 is 0 Å². The van der Waals surface area contributed by atoms with Crippen molar-refractivity contribution in [3.63, 3.8) is 0 Å². The molecule has 0 aromatic heterocycles. The fourth-order valence-corrected chi connectivity index (χ4v) is 6.50. The van der Waals surface area contributed by atoms with E-state index in [1.807, 2.05) is 39.8 Å². The summed E-state index contributed by atoms with van der Waals surface area (Å²) >= 11 is 0. The molecule has 3 aliphatic rings. The van der Waals surface area contributed by atoms with Crippen LogP contribution in [0.2, 0.25) is 0 Å². The molecule has 1 N–H and O–H groups in total. The molecular weight excluding hydrogens is 478 g/mol. The zero-order valence-electron chi connectivity index (χ0n) is 25.3. The molecule has 0 saturated carbocycles. The minimum absolute atomic E-state index is 0.0427.